The Morgan fingerprint density at radius 1 is 0.846 bits per heavy atom. The maximum Gasteiger partial charge on any atom is 0.319 e. The van der Waals surface area contributed by atoms with Crippen LogP contribution in [0.15, 0.2) is 0 Å². The van der Waals surface area contributed by atoms with Gasteiger partial charge in [-0.25, -0.2) is 4.79 Å². The molecule has 0 bridgehead atoms. The second kappa shape index (κ2) is 10.4. The fourth-order valence-corrected chi connectivity index (χ4v) is 4.39. The van der Waals surface area contributed by atoms with E-state index < -0.39 is 0 Å². The summed E-state index contributed by atoms with van der Waals surface area (Å²) in [6, 6.07) is 0.188. The van der Waals surface area contributed by atoms with Crippen molar-refractivity contribution in [1.82, 2.24) is 20.0 Å². The Bertz CT molecular complexity index is 454. The lowest BCUT2D eigenvalue weighted by molar-refractivity contribution is -0.138. The zero-order valence-electron chi connectivity index (χ0n) is 16.1. The van der Waals surface area contributed by atoms with Gasteiger partial charge in [0, 0.05) is 45.2 Å². The fourth-order valence-electron chi connectivity index (χ4n) is 4.39. The van der Waals surface area contributed by atoms with Gasteiger partial charge in [-0.2, -0.15) is 0 Å². The van der Waals surface area contributed by atoms with Crippen LogP contribution in [0.5, 0.6) is 0 Å². The minimum Gasteiger partial charge on any atom is -0.342 e. The lowest BCUT2D eigenvalue weighted by Crippen LogP contribution is -2.49. The molecule has 1 N–H and O–H groups in total. The monoisotopic (exact) mass is 386 g/mol. The van der Waals surface area contributed by atoms with Gasteiger partial charge >= 0.3 is 6.03 Å². The number of nitrogens with zero attached hydrogens (tertiary/aromatic N) is 3. The Hall–Kier alpha value is -1.01. The Morgan fingerprint density at radius 2 is 1.38 bits per heavy atom. The molecule has 3 amide bonds. The van der Waals surface area contributed by atoms with Gasteiger partial charge in [0.25, 0.3) is 0 Å². The summed E-state index contributed by atoms with van der Waals surface area (Å²) in [4.78, 5) is 31.3. The van der Waals surface area contributed by atoms with Crippen LogP contribution in [0.4, 0.5) is 4.79 Å². The van der Waals surface area contributed by atoms with Crippen molar-refractivity contribution in [3.63, 3.8) is 0 Å². The molecule has 3 rings (SSSR count). The van der Waals surface area contributed by atoms with Gasteiger partial charge in [0.1, 0.15) is 0 Å². The number of carbonyl (C=O) groups is 2. The highest BCUT2D eigenvalue weighted by Gasteiger charge is 2.33. The lowest BCUT2D eigenvalue weighted by atomic mass is 9.92. The minimum absolute atomic E-state index is 0. The highest BCUT2D eigenvalue weighted by Crippen LogP contribution is 2.24. The number of piperidine rings is 2. The first kappa shape index (κ1) is 21.3. The van der Waals surface area contributed by atoms with Gasteiger partial charge in [0.15, 0.2) is 0 Å². The number of nitrogens with one attached hydrogen (secondary N) is 1. The van der Waals surface area contributed by atoms with E-state index in [1.165, 1.54) is 0 Å². The van der Waals surface area contributed by atoms with Crippen molar-refractivity contribution in [1.29, 1.82) is 0 Å². The van der Waals surface area contributed by atoms with Crippen LogP contribution in [0.1, 0.15) is 45.4 Å². The number of amides is 3. The lowest BCUT2D eigenvalue weighted by Gasteiger charge is -2.38. The van der Waals surface area contributed by atoms with Crippen LogP contribution in [0.25, 0.3) is 0 Å². The molecular weight excluding hydrogens is 352 g/mol. The molecule has 7 heteroatoms. The fraction of sp³-hybridized carbons (Fsp3) is 0.895. The van der Waals surface area contributed by atoms with Crippen LogP contribution in [-0.2, 0) is 4.79 Å². The van der Waals surface area contributed by atoms with Crippen LogP contribution in [0.3, 0.4) is 0 Å². The first-order valence-corrected chi connectivity index (χ1v) is 10.2. The Labute approximate surface area is 164 Å². The van der Waals surface area contributed by atoms with Crippen molar-refractivity contribution >= 4 is 24.3 Å². The number of urea groups is 1. The molecule has 3 aliphatic heterocycles. The van der Waals surface area contributed by atoms with Gasteiger partial charge in [-0.3, -0.25) is 4.79 Å². The summed E-state index contributed by atoms with van der Waals surface area (Å²) in [5.74, 6) is 1.16. The van der Waals surface area contributed by atoms with Crippen molar-refractivity contribution in [3.8, 4) is 0 Å². The maximum atomic E-state index is 12.8. The van der Waals surface area contributed by atoms with Gasteiger partial charge in [-0.05, 0) is 57.5 Å². The van der Waals surface area contributed by atoms with E-state index in [0.29, 0.717) is 11.8 Å². The molecule has 0 atom stereocenters. The van der Waals surface area contributed by atoms with Crippen molar-refractivity contribution in [2.75, 3.05) is 52.4 Å². The molecule has 150 valence electrons. The van der Waals surface area contributed by atoms with E-state index in [9.17, 15) is 9.59 Å². The van der Waals surface area contributed by atoms with Crippen LogP contribution in [-0.4, -0.2) is 79.0 Å². The quantitative estimate of drug-likeness (QED) is 0.805. The number of likely N-dealkylation sites (tertiary alicyclic amines) is 3. The normalized spacial score (nSPS) is 22.4. The highest BCUT2D eigenvalue weighted by molar-refractivity contribution is 5.85. The molecule has 0 aliphatic carbocycles. The van der Waals surface area contributed by atoms with E-state index in [4.69, 9.17) is 0 Å². The number of hydrogen-bond acceptors (Lipinski definition) is 3. The van der Waals surface area contributed by atoms with E-state index in [0.717, 1.165) is 90.9 Å². The second-order valence-corrected chi connectivity index (χ2v) is 7.81. The van der Waals surface area contributed by atoms with Crippen LogP contribution in [0, 0.1) is 11.8 Å². The van der Waals surface area contributed by atoms with Crippen molar-refractivity contribution < 1.29 is 9.59 Å². The Balaban J connectivity index is 0.00000243. The van der Waals surface area contributed by atoms with Crippen molar-refractivity contribution in [3.05, 3.63) is 0 Å². The number of rotatable bonds is 4. The molecule has 0 radical (unpaired) electrons. The van der Waals surface area contributed by atoms with E-state index in [1.807, 2.05) is 9.80 Å². The summed E-state index contributed by atoms with van der Waals surface area (Å²) in [6.45, 7) is 9.33. The molecule has 0 saturated carbocycles. The van der Waals surface area contributed by atoms with E-state index >= 15 is 0 Å². The minimum atomic E-state index is 0. The average molecular weight is 387 g/mol. The van der Waals surface area contributed by atoms with E-state index in [-0.39, 0.29) is 24.4 Å². The van der Waals surface area contributed by atoms with Gasteiger partial charge in [0.05, 0.1) is 0 Å². The molecule has 26 heavy (non-hydrogen) atoms. The zero-order chi connectivity index (χ0) is 17.6. The Morgan fingerprint density at radius 3 is 1.96 bits per heavy atom. The van der Waals surface area contributed by atoms with Gasteiger partial charge in [-0.15, -0.1) is 12.4 Å². The largest absolute Gasteiger partial charge is 0.342 e. The summed E-state index contributed by atoms with van der Waals surface area (Å²) in [7, 11) is 0. The van der Waals surface area contributed by atoms with Crippen LogP contribution >= 0.6 is 12.4 Å². The molecule has 6 nitrogen and oxygen atoms in total. The third-order valence-electron chi connectivity index (χ3n) is 6.10. The maximum absolute atomic E-state index is 12.8. The third kappa shape index (κ3) is 5.26. The predicted octanol–water partition coefficient (Wildman–Crippen LogP) is 2.18. The van der Waals surface area contributed by atoms with Crippen LogP contribution in [0.2, 0.25) is 0 Å². The zero-order valence-corrected chi connectivity index (χ0v) is 16.9. The van der Waals surface area contributed by atoms with Gasteiger partial charge in [0.2, 0.25) is 5.91 Å². The molecule has 0 aromatic heterocycles. The van der Waals surface area contributed by atoms with Gasteiger partial charge < -0.3 is 20.0 Å². The first-order valence-electron chi connectivity index (χ1n) is 10.2. The smallest absolute Gasteiger partial charge is 0.319 e. The first-order chi connectivity index (χ1) is 12.2. The molecule has 3 heterocycles. The average Bonchev–Trinajstić information content (AvgIpc) is 3.20. The predicted molar refractivity (Wildman–Crippen MR) is 106 cm³/mol. The third-order valence-corrected chi connectivity index (χ3v) is 6.10. The molecule has 3 saturated heterocycles. The summed E-state index contributed by atoms with van der Waals surface area (Å²) in [5.41, 5.74) is 0. The van der Waals surface area contributed by atoms with Crippen molar-refractivity contribution in [2.24, 2.45) is 11.8 Å². The molecule has 3 fully saturated rings. The van der Waals surface area contributed by atoms with E-state index in [1.54, 1.807) is 0 Å². The van der Waals surface area contributed by atoms with Crippen LogP contribution < -0.4 is 5.32 Å². The summed E-state index contributed by atoms with van der Waals surface area (Å²) in [6.07, 6.45) is 6.15. The molecule has 3 aliphatic rings. The molecule has 0 aromatic rings. The van der Waals surface area contributed by atoms with Gasteiger partial charge in [-0.1, -0.05) is 6.92 Å². The number of halogens is 1. The summed E-state index contributed by atoms with van der Waals surface area (Å²) >= 11 is 0. The SMILES string of the molecule is CCNCC1CCN(C(=O)C2CCN(C(=O)N3CCCC3)CC2)CC1.Cl. The topological polar surface area (TPSA) is 55.9 Å². The second-order valence-electron chi connectivity index (χ2n) is 7.81. The highest BCUT2D eigenvalue weighted by atomic mass is 35.5. The molecule has 0 spiro atoms. The molecule has 0 aromatic carbocycles. The summed E-state index contributed by atoms with van der Waals surface area (Å²) in [5, 5.41) is 3.42. The molecular formula is C19H35ClN4O2. The number of carbonyl (C=O) groups excluding carboxylic acids is 2. The Kier molecular flexibility index (Phi) is 8.48. The van der Waals surface area contributed by atoms with E-state index in [2.05, 4.69) is 17.1 Å². The number of hydrogen-bond donors (Lipinski definition) is 1. The van der Waals surface area contributed by atoms with Crippen molar-refractivity contribution in [2.45, 2.75) is 45.4 Å². The molecule has 0 unspecified atom stereocenters. The standard InChI is InChI=1S/C19H34N4O2.ClH/c1-2-20-15-16-5-11-21(12-6-16)18(24)17-7-13-23(14-8-17)19(25)22-9-3-4-10-22;/h16-17,20H,2-15H2,1H3;1H. The summed E-state index contributed by atoms with van der Waals surface area (Å²) < 4.78 is 0.